The molecule has 10 nitrogen and oxygen atoms in total. The summed E-state index contributed by atoms with van der Waals surface area (Å²) in [6.45, 7) is 0. The molecule has 0 aliphatic heterocycles. The van der Waals surface area contributed by atoms with Crippen LogP contribution in [-0.2, 0) is 0 Å². The zero-order valence-corrected chi connectivity index (χ0v) is 18.4. The van der Waals surface area contributed by atoms with Crippen LogP contribution in [0.3, 0.4) is 0 Å². The van der Waals surface area contributed by atoms with Gasteiger partial charge in [0.15, 0.2) is 11.5 Å². The molecule has 0 spiro atoms. The molecule has 0 unspecified atom stereocenters. The lowest BCUT2D eigenvalue weighted by Gasteiger charge is -2.13. The van der Waals surface area contributed by atoms with Gasteiger partial charge < -0.3 is 23.7 Å². The van der Waals surface area contributed by atoms with Gasteiger partial charge in [-0.2, -0.15) is 10.2 Å². The minimum Gasteiger partial charge on any atom is -0.497 e. The number of amides is 1. The fourth-order valence-electron chi connectivity index (χ4n) is 3.04. The van der Waals surface area contributed by atoms with Crippen molar-refractivity contribution in [3.8, 4) is 40.0 Å². The number of carbonyl (C=O) groups is 1. The third kappa shape index (κ3) is 4.59. The number of nitrogens with zero attached hydrogens (tertiary/aromatic N) is 2. The third-order valence-corrected chi connectivity index (χ3v) is 4.61. The summed E-state index contributed by atoms with van der Waals surface area (Å²) in [5.41, 5.74) is 4.48. The lowest BCUT2D eigenvalue weighted by Crippen LogP contribution is -2.18. The van der Waals surface area contributed by atoms with Crippen LogP contribution in [-0.4, -0.2) is 57.9 Å². The number of methoxy groups -OCH3 is 5. The summed E-state index contributed by atoms with van der Waals surface area (Å²) in [5.74, 6) is 2.14. The molecule has 2 N–H and O–H groups in total. The average Bonchev–Trinajstić information content (AvgIpc) is 3.33. The van der Waals surface area contributed by atoms with Gasteiger partial charge in [-0.1, -0.05) is 0 Å². The minimum absolute atomic E-state index is 0.223. The van der Waals surface area contributed by atoms with Crippen LogP contribution in [0.2, 0.25) is 0 Å². The van der Waals surface area contributed by atoms with Gasteiger partial charge in [0.2, 0.25) is 5.75 Å². The van der Waals surface area contributed by atoms with Gasteiger partial charge in [0, 0.05) is 11.1 Å². The molecule has 168 valence electrons. The predicted molar refractivity (Wildman–Crippen MR) is 118 cm³/mol. The molecule has 3 rings (SSSR count). The average molecular weight is 440 g/mol. The number of hydrogen-bond donors (Lipinski definition) is 2. The van der Waals surface area contributed by atoms with Crippen molar-refractivity contribution in [3.05, 3.63) is 47.7 Å². The van der Waals surface area contributed by atoms with Crippen LogP contribution in [0.4, 0.5) is 0 Å². The Hall–Kier alpha value is -4.21. The Bertz CT molecular complexity index is 1130. The minimum atomic E-state index is -0.471. The Labute approximate surface area is 185 Å². The van der Waals surface area contributed by atoms with Crippen molar-refractivity contribution in [2.45, 2.75) is 0 Å². The maximum atomic E-state index is 12.5. The van der Waals surface area contributed by atoms with E-state index in [9.17, 15) is 4.79 Å². The van der Waals surface area contributed by atoms with Crippen molar-refractivity contribution in [1.82, 2.24) is 15.6 Å². The number of H-pyrrole nitrogens is 1. The summed E-state index contributed by atoms with van der Waals surface area (Å²) in [7, 11) is 7.68. The van der Waals surface area contributed by atoms with E-state index in [1.807, 2.05) is 0 Å². The van der Waals surface area contributed by atoms with Crippen LogP contribution in [0.15, 0.2) is 41.5 Å². The van der Waals surface area contributed by atoms with Gasteiger partial charge in [0.05, 0.1) is 47.5 Å². The van der Waals surface area contributed by atoms with E-state index < -0.39 is 5.91 Å². The number of rotatable bonds is 9. The lowest BCUT2D eigenvalue weighted by atomic mass is 10.1. The number of nitrogens with one attached hydrogen (secondary N) is 2. The molecule has 1 amide bonds. The van der Waals surface area contributed by atoms with Crippen molar-refractivity contribution >= 4 is 12.1 Å². The number of aromatic amines is 1. The first-order chi connectivity index (χ1) is 15.6. The molecule has 0 saturated carbocycles. The van der Waals surface area contributed by atoms with Crippen molar-refractivity contribution in [2.75, 3.05) is 35.5 Å². The Morgan fingerprint density at radius 3 is 2.28 bits per heavy atom. The van der Waals surface area contributed by atoms with Crippen molar-refractivity contribution in [1.29, 1.82) is 0 Å². The first-order valence-electron chi connectivity index (χ1n) is 9.46. The standard InChI is InChI=1S/C22H24N4O6/c1-28-14-7-9-18(29-2)15(10-14)16-11-17(25-24-16)22(27)26-23-12-13-6-8-19(30-3)21(32-5)20(13)31-4/h6-12H,1-5H3,(H,24,25)(H,26,27). The second-order valence-electron chi connectivity index (χ2n) is 6.36. The summed E-state index contributed by atoms with van der Waals surface area (Å²) >= 11 is 0. The second kappa shape index (κ2) is 10.2. The smallest absolute Gasteiger partial charge is 0.289 e. The molecule has 1 aromatic heterocycles. The van der Waals surface area contributed by atoms with E-state index in [0.29, 0.717) is 45.6 Å². The van der Waals surface area contributed by atoms with E-state index in [2.05, 4.69) is 20.7 Å². The van der Waals surface area contributed by atoms with Crippen LogP contribution in [0.1, 0.15) is 16.1 Å². The molecule has 0 aliphatic rings. The fraction of sp³-hybridized carbons (Fsp3) is 0.227. The predicted octanol–water partition coefficient (Wildman–Crippen LogP) is 2.88. The fourth-order valence-corrected chi connectivity index (χ4v) is 3.04. The number of aromatic nitrogens is 2. The molecule has 0 atom stereocenters. The second-order valence-corrected chi connectivity index (χ2v) is 6.36. The summed E-state index contributed by atoms with van der Waals surface area (Å²) < 4.78 is 26.6. The maximum Gasteiger partial charge on any atom is 0.289 e. The monoisotopic (exact) mass is 440 g/mol. The zero-order valence-electron chi connectivity index (χ0n) is 18.4. The number of ether oxygens (including phenoxy) is 5. The van der Waals surface area contributed by atoms with Crippen molar-refractivity contribution < 1.29 is 28.5 Å². The van der Waals surface area contributed by atoms with Crippen LogP contribution in [0.25, 0.3) is 11.3 Å². The van der Waals surface area contributed by atoms with Gasteiger partial charge >= 0.3 is 0 Å². The normalized spacial score (nSPS) is 10.7. The summed E-state index contributed by atoms with van der Waals surface area (Å²) in [4.78, 5) is 12.5. The number of hydrogen-bond acceptors (Lipinski definition) is 8. The van der Waals surface area contributed by atoms with E-state index in [1.54, 1.807) is 50.6 Å². The SMILES string of the molecule is COc1ccc(OC)c(-c2cc(C(=O)NN=Cc3ccc(OC)c(OC)c3OC)[nH]n2)c1. The Morgan fingerprint density at radius 1 is 0.906 bits per heavy atom. The molecule has 0 saturated heterocycles. The highest BCUT2D eigenvalue weighted by molar-refractivity contribution is 5.94. The summed E-state index contributed by atoms with van der Waals surface area (Å²) in [5, 5.41) is 10.9. The quantitative estimate of drug-likeness (QED) is 0.388. The van der Waals surface area contributed by atoms with E-state index in [4.69, 9.17) is 23.7 Å². The molecule has 0 bridgehead atoms. The zero-order chi connectivity index (χ0) is 23.1. The van der Waals surface area contributed by atoms with E-state index >= 15 is 0 Å². The molecule has 3 aromatic rings. The molecule has 1 heterocycles. The molecular formula is C22H24N4O6. The molecular weight excluding hydrogens is 416 g/mol. The molecule has 32 heavy (non-hydrogen) atoms. The van der Waals surface area contributed by atoms with Crippen molar-refractivity contribution in [2.24, 2.45) is 5.10 Å². The highest BCUT2D eigenvalue weighted by atomic mass is 16.5. The first kappa shape index (κ1) is 22.5. The topological polar surface area (TPSA) is 116 Å². The number of benzene rings is 2. The van der Waals surface area contributed by atoms with Crippen LogP contribution >= 0.6 is 0 Å². The van der Waals surface area contributed by atoms with E-state index in [-0.39, 0.29) is 5.69 Å². The Balaban J connectivity index is 1.78. The third-order valence-electron chi connectivity index (χ3n) is 4.61. The number of hydrazone groups is 1. The first-order valence-corrected chi connectivity index (χ1v) is 9.46. The van der Waals surface area contributed by atoms with Gasteiger partial charge in [-0.05, 0) is 36.4 Å². The van der Waals surface area contributed by atoms with E-state index in [1.165, 1.54) is 27.5 Å². The Kier molecular flexibility index (Phi) is 7.17. The van der Waals surface area contributed by atoms with Gasteiger partial charge in [0.1, 0.15) is 17.2 Å². The summed E-state index contributed by atoms with van der Waals surface area (Å²) in [6.07, 6.45) is 1.45. The highest BCUT2D eigenvalue weighted by Crippen LogP contribution is 2.39. The lowest BCUT2D eigenvalue weighted by molar-refractivity contribution is 0.0950. The largest absolute Gasteiger partial charge is 0.497 e. The van der Waals surface area contributed by atoms with Crippen LogP contribution in [0, 0.1) is 0 Å². The molecule has 0 fully saturated rings. The highest BCUT2D eigenvalue weighted by Gasteiger charge is 2.16. The van der Waals surface area contributed by atoms with Crippen LogP contribution in [0.5, 0.6) is 28.7 Å². The molecule has 0 radical (unpaired) electrons. The summed E-state index contributed by atoms with van der Waals surface area (Å²) in [6, 6.07) is 10.4. The molecule has 10 heteroatoms. The molecule has 0 aliphatic carbocycles. The van der Waals surface area contributed by atoms with Gasteiger partial charge in [0.25, 0.3) is 5.91 Å². The van der Waals surface area contributed by atoms with E-state index in [0.717, 1.165) is 0 Å². The van der Waals surface area contributed by atoms with Crippen molar-refractivity contribution in [3.63, 3.8) is 0 Å². The van der Waals surface area contributed by atoms with Gasteiger partial charge in [-0.15, -0.1) is 0 Å². The van der Waals surface area contributed by atoms with Gasteiger partial charge in [-0.25, -0.2) is 5.43 Å². The number of carbonyl (C=O) groups excluding carboxylic acids is 1. The maximum absolute atomic E-state index is 12.5. The van der Waals surface area contributed by atoms with Crippen LogP contribution < -0.4 is 29.1 Å². The van der Waals surface area contributed by atoms with Gasteiger partial charge in [-0.3, -0.25) is 9.89 Å². The Morgan fingerprint density at radius 2 is 1.62 bits per heavy atom. The molecule has 2 aromatic carbocycles.